The molecular weight excluding hydrogens is 296 g/mol. The maximum absolute atomic E-state index is 10.7. The van der Waals surface area contributed by atoms with Gasteiger partial charge in [-0.25, -0.2) is 9.97 Å². The molecule has 0 aliphatic rings. The summed E-state index contributed by atoms with van der Waals surface area (Å²) in [6.07, 6.45) is 4.57. The summed E-state index contributed by atoms with van der Waals surface area (Å²) >= 11 is 0. The molecule has 2 heterocycles. The van der Waals surface area contributed by atoms with E-state index in [4.69, 9.17) is 9.52 Å². The summed E-state index contributed by atoms with van der Waals surface area (Å²) in [4.78, 5) is 18.7. The second kappa shape index (κ2) is 6.61. The van der Waals surface area contributed by atoms with Gasteiger partial charge < -0.3 is 9.52 Å². The first kappa shape index (κ1) is 14.6. The lowest BCUT2D eigenvalue weighted by Gasteiger charge is -2.10. The van der Waals surface area contributed by atoms with Crippen LogP contribution < -0.4 is 10.9 Å². The Morgan fingerprint density at radius 3 is 2.70 bits per heavy atom. The predicted molar refractivity (Wildman–Crippen MR) is 84.8 cm³/mol. The Labute approximate surface area is 132 Å². The van der Waals surface area contributed by atoms with Gasteiger partial charge in [-0.1, -0.05) is 0 Å². The number of benzene rings is 1. The first-order valence-corrected chi connectivity index (χ1v) is 6.88. The van der Waals surface area contributed by atoms with Crippen molar-refractivity contribution in [3.63, 3.8) is 0 Å². The third-order valence-electron chi connectivity index (χ3n) is 3.12. The molecular formula is C16H14N4O3. The van der Waals surface area contributed by atoms with E-state index in [1.54, 1.807) is 24.5 Å². The predicted octanol–water partition coefficient (Wildman–Crippen LogP) is 2.80. The molecule has 2 aromatic heterocycles. The Morgan fingerprint density at radius 2 is 2.00 bits per heavy atom. The van der Waals surface area contributed by atoms with E-state index in [0.29, 0.717) is 17.1 Å². The van der Waals surface area contributed by atoms with E-state index in [-0.39, 0.29) is 6.42 Å². The van der Waals surface area contributed by atoms with E-state index in [2.05, 4.69) is 20.8 Å². The van der Waals surface area contributed by atoms with Crippen LogP contribution in [0.4, 0.5) is 11.5 Å². The lowest BCUT2D eigenvalue weighted by molar-refractivity contribution is -0.136. The number of nitrogens with zero attached hydrogens (tertiary/aromatic N) is 2. The van der Waals surface area contributed by atoms with Crippen LogP contribution in [0.1, 0.15) is 5.56 Å². The van der Waals surface area contributed by atoms with Crippen molar-refractivity contribution in [2.24, 2.45) is 0 Å². The molecule has 0 unspecified atom stereocenters. The van der Waals surface area contributed by atoms with Gasteiger partial charge >= 0.3 is 5.97 Å². The molecule has 0 aliphatic carbocycles. The van der Waals surface area contributed by atoms with Gasteiger partial charge in [0.05, 0.1) is 18.3 Å². The highest BCUT2D eigenvalue weighted by Crippen LogP contribution is 2.20. The number of hydrogen-bond donors (Lipinski definition) is 3. The zero-order valence-corrected chi connectivity index (χ0v) is 12.1. The number of carbonyl (C=O) groups is 1. The molecule has 3 rings (SSSR count). The van der Waals surface area contributed by atoms with E-state index in [1.807, 2.05) is 24.3 Å². The van der Waals surface area contributed by atoms with Gasteiger partial charge in [-0.15, -0.1) is 0 Å². The molecule has 0 atom stereocenters. The number of anilines is 2. The molecule has 0 saturated heterocycles. The molecule has 0 spiro atoms. The summed E-state index contributed by atoms with van der Waals surface area (Å²) in [6.45, 7) is 0. The number of hydrogen-bond acceptors (Lipinski definition) is 6. The zero-order valence-electron chi connectivity index (χ0n) is 12.1. The smallest absolute Gasteiger partial charge is 0.307 e. The van der Waals surface area contributed by atoms with Gasteiger partial charge in [-0.2, -0.15) is 0 Å². The fraction of sp³-hybridized carbons (Fsp3) is 0.0625. The number of aliphatic carboxylic acids is 1. The Hall–Kier alpha value is -3.35. The van der Waals surface area contributed by atoms with E-state index < -0.39 is 5.97 Å². The van der Waals surface area contributed by atoms with Gasteiger partial charge in [0, 0.05) is 11.8 Å². The van der Waals surface area contributed by atoms with E-state index >= 15 is 0 Å². The average Bonchev–Trinajstić information content (AvgIpc) is 3.08. The van der Waals surface area contributed by atoms with Crippen molar-refractivity contribution in [3.8, 4) is 11.3 Å². The van der Waals surface area contributed by atoms with Crippen LogP contribution in [0.2, 0.25) is 0 Å². The second-order valence-electron chi connectivity index (χ2n) is 4.81. The van der Waals surface area contributed by atoms with E-state index in [9.17, 15) is 4.79 Å². The number of aromatic nitrogens is 2. The summed E-state index contributed by atoms with van der Waals surface area (Å²) in [5.41, 5.74) is 8.38. The van der Waals surface area contributed by atoms with Crippen molar-refractivity contribution in [2.45, 2.75) is 6.42 Å². The third-order valence-corrected chi connectivity index (χ3v) is 3.12. The molecule has 116 valence electrons. The van der Waals surface area contributed by atoms with Crippen molar-refractivity contribution in [2.75, 3.05) is 10.9 Å². The average molecular weight is 310 g/mol. The quantitative estimate of drug-likeness (QED) is 0.602. The van der Waals surface area contributed by atoms with Crippen molar-refractivity contribution < 1.29 is 14.3 Å². The van der Waals surface area contributed by atoms with Gasteiger partial charge in [0.15, 0.2) is 12.2 Å². The number of hydrazine groups is 1. The summed E-state index contributed by atoms with van der Waals surface area (Å²) < 4.78 is 5.23. The summed E-state index contributed by atoms with van der Waals surface area (Å²) in [6, 6.07) is 10.9. The SMILES string of the molecule is O=C(O)Cc1ccnc(NNc2ccc(-c3cnco3)cc2)c1. The highest BCUT2D eigenvalue weighted by molar-refractivity contribution is 5.70. The number of rotatable bonds is 6. The van der Waals surface area contributed by atoms with Gasteiger partial charge in [-0.05, 0) is 42.0 Å². The fourth-order valence-corrected chi connectivity index (χ4v) is 2.04. The standard InChI is InChI=1S/C16H14N4O3/c21-16(22)8-11-5-6-18-15(7-11)20-19-13-3-1-12(2-4-13)14-9-17-10-23-14/h1-7,9-10,19H,8H2,(H,18,20)(H,21,22). The maximum atomic E-state index is 10.7. The molecule has 0 saturated carbocycles. The molecule has 0 fully saturated rings. The van der Waals surface area contributed by atoms with Crippen molar-refractivity contribution >= 4 is 17.5 Å². The molecule has 7 heteroatoms. The normalized spacial score (nSPS) is 10.3. The molecule has 0 radical (unpaired) electrons. The third kappa shape index (κ3) is 3.85. The minimum absolute atomic E-state index is 0.0386. The molecule has 3 aromatic rings. The second-order valence-corrected chi connectivity index (χ2v) is 4.81. The molecule has 23 heavy (non-hydrogen) atoms. The summed E-state index contributed by atoms with van der Waals surface area (Å²) in [5, 5.41) is 8.80. The van der Waals surface area contributed by atoms with Crippen LogP contribution >= 0.6 is 0 Å². The lowest BCUT2D eigenvalue weighted by atomic mass is 10.2. The van der Waals surface area contributed by atoms with Gasteiger partial charge in [0.25, 0.3) is 0 Å². The van der Waals surface area contributed by atoms with Crippen molar-refractivity contribution in [3.05, 3.63) is 60.7 Å². The number of carboxylic acid groups (broad SMARTS) is 1. The molecule has 0 amide bonds. The fourth-order valence-electron chi connectivity index (χ4n) is 2.04. The number of oxazole rings is 1. The lowest BCUT2D eigenvalue weighted by Crippen LogP contribution is -2.10. The minimum atomic E-state index is -0.877. The molecule has 3 N–H and O–H groups in total. The largest absolute Gasteiger partial charge is 0.481 e. The molecule has 1 aromatic carbocycles. The highest BCUT2D eigenvalue weighted by Gasteiger charge is 2.03. The van der Waals surface area contributed by atoms with Crippen molar-refractivity contribution in [1.29, 1.82) is 0 Å². The monoisotopic (exact) mass is 310 g/mol. The number of pyridine rings is 1. The molecule has 0 bridgehead atoms. The van der Waals surface area contributed by atoms with Gasteiger partial charge in [-0.3, -0.25) is 15.6 Å². The Kier molecular flexibility index (Phi) is 4.19. The van der Waals surface area contributed by atoms with Crippen LogP contribution in [-0.4, -0.2) is 21.0 Å². The van der Waals surface area contributed by atoms with Crippen LogP contribution in [0.3, 0.4) is 0 Å². The first-order chi connectivity index (χ1) is 11.2. The molecule has 7 nitrogen and oxygen atoms in total. The minimum Gasteiger partial charge on any atom is -0.481 e. The summed E-state index contributed by atoms with van der Waals surface area (Å²) in [5.74, 6) is 0.369. The first-order valence-electron chi connectivity index (χ1n) is 6.88. The summed E-state index contributed by atoms with van der Waals surface area (Å²) in [7, 11) is 0. The molecule has 0 aliphatic heterocycles. The Balaban J connectivity index is 1.63. The number of nitrogens with one attached hydrogen (secondary N) is 2. The van der Waals surface area contributed by atoms with Crippen LogP contribution in [0, 0.1) is 0 Å². The van der Waals surface area contributed by atoms with Crippen LogP contribution in [0.5, 0.6) is 0 Å². The van der Waals surface area contributed by atoms with Crippen LogP contribution in [0.25, 0.3) is 11.3 Å². The van der Waals surface area contributed by atoms with Crippen LogP contribution in [-0.2, 0) is 11.2 Å². The van der Waals surface area contributed by atoms with Crippen LogP contribution in [0.15, 0.2) is 59.6 Å². The number of carboxylic acids is 1. The van der Waals surface area contributed by atoms with E-state index in [0.717, 1.165) is 11.3 Å². The Bertz CT molecular complexity index is 785. The van der Waals surface area contributed by atoms with Crippen molar-refractivity contribution in [1.82, 2.24) is 9.97 Å². The van der Waals surface area contributed by atoms with Gasteiger partial charge in [0.2, 0.25) is 0 Å². The van der Waals surface area contributed by atoms with E-state index in [1.165, 1.54) is 6.39 Å². The maximum Gasteiger partial charge on any atom is 0.307 e. The zero-order chi connectivity index (χ0) is 16.1. The Morgan fingerprint density at radius 1 is 1.17 bits per heavy atom. The topological polar surface area (TPSA) is 100 Å². The van der Waals surface area contributed by atoms with Gasteiger partial charge in [0.1, 0.15) is 5.82 Å². The highest BCUT2D eigenvalue weighted by atomic mass is 16.4.